The minimum Gasteiger partial charge on any atom is -0.459 e. The van der Waals surface area contributed by atoms with E-state index in [0.29, 0.717) is 5.56 Å². The summed E-state index contributed by atoms with van der Waals surface area (Å²) in [6.45, 7) is 7.03. The number of esters is 1. The van der Waals surface area contributed by atoms with Crippen LogP contribution in [0.15, 0.2) is 24.3 Å². The fourth-order valence-electron chi connectivity index (χ4n) is 1.60. The molecule has 0 bridgehead atoms. The first-order chi connectivity index (χ1) is 9.19. The van der Waals surface area contributed by atoms with Crippen LogP contribution < -0.4 is 0 Å². The predicted molar refractivity (Wildman–Crippen MR) is 76.5 cm³/mol. The van der Waals surface area contributed by atoms with E-state index >= 15 is 0 Å². The van der Waals surface area contributed by atoms with Crippen molar-refractivity contribution in [2.75, 3.05) is 6.61 Å². The molecule has 0 fully saturated rings. The van der Waals surface area contributed by atoms with E-state index in [2.05, 4.69) is 4.18 Å². The zero-order chi connectivity index (χ0) is 15.3. The third-order valence-electron chi connectivity index (χ3n) is 2.51. The Balaban J connectivity index is 2.92. The Morgan fingerprint density at radius 2 is 1.85 bits per heavy atom. The van der Waals surface area contributed by atoms with Crippen LogP contribution in [0.1, 0.15) is 37.8 Å². The molecule has 0 heterocycles. The summed E-state index contributed by atoms with van der Waals surface area (Å²) in [5, 5.41) is 0. The number of carbonyl (C=O) groups excluding carboxylic acids is 1. The molecule has 1 aromatic carbocycles. The number of rotatable bonds is 5. The second-order valence-corrected chi connectivity index (χ2v) is 6.17. The van der Waals surface area contributed by atoms with Crippen LogP contribution in [0.3, 0.4) is 0 Å². The average molecular weight is 300 g/mol. The summed E-state index contributed by atoms with van der Waals surface area (Å²) in [6, 6.07) is 7.30. The van der Waals surface area contributed by atoms with Crippen LogP contribution in [0.2, 0.25) is 0 Å². The van der Waals surface area contributed by atoms with Crippen molar-refractivity contribution < 1.29 is 22.5 Å². The Morgan fingerprint density at radius 1 is 1.30 bits per heavy atom. The molecular weight excluding hydrogens is 280 g/mol. The molecule has 0 aliphatic rings. The maximum Gasteiger partial charge on any atom is 0.316 e. The Labute approximate surface area is 121 Å². The number of aryl methyl sites for hydroxylation is 1. The average Bonchev–Trinajstić information content (AvgIpc) is 2.29. The number of hydrogen-bond donors (Lipinski definition) is 1. The van der Waals surface area contributed by atoms with Gasteiger partial charge in [-0.05, 0) is 33.3 Å². The van der Waals surface area contributed by atoms with Crippen LogP contribution in [0.4, 0.5) is 0 Å². The van der Waals surface area contributed by atoms with Crippen LogP contribution in [-0.4, -0.2) is 26.9 Å². The van der Waals surface area contributed by atoms with Gasteiger partial charge in [-0.15, -0.1) is 0 Å². The second kappa shape index (κ2) is 6.97. The predicted octanol–water partition coefficient (Wildman–Crippen LogP) is 2.57. The molecule has 0 saturated heterocycles. The van der Waals surface area contributed by atoms with Crippen molar-refractivity contribution in [2.45, 2.75) is 39.2 Å². The molecule has 20 heavy (non-hydrogen) atoms. The van der Waals surface area contributed by atoms with Gasteiger partial charge in [-0.3, -0.25) is 13.5 Å². The minimum atomic E-state index is -2.41. The molecule has 2 atom stereocenters. The molecule has 1 aromatic rings. The molecule has 0 aliphatic carbocycles. The van der Waals surface area contributed by atoms with Gasteiger partial charge in [0.25, 0.3) is 0 Å². The first kappa shape index (κ1) is 16.8. The van der Waals surface area contributed by atoms with Crippen molar-refractivity contribution in [3.63, 3.8) is 0 Å². The van der Waals surface area contributed by atoms with E-state index in [4.69, 9.17) is 9.29 Å². The van der Waals surface area contributed by atoms with E-state index in [9.17, 15) is 9.00 Å². The third-order valence-corrected chi connectivity index (χ3v) is 2.84. The summed E-state index contributed by atoms with van der Waals surface area (Å²) in [6.07, 6.45) is 0. The van der Waals surface area contributed by atoms with Crippen LogP contribution >= 0.6 is 0 Å². The largest absolute Gasteiger partial charge is 0.459 e. The molecule has 112 valence electrons. The highest BCUT2D eigenvalue weighted by molar-refractivity contribution is 7.74. The zero-order valence-electron chi connectivity index (χ0n) is 12.1. The monoisotopic (exact) mass is 300 g/mol. The quantitative estimate of drug-likeness (QED) is 0.668. The van der Waals surface area contributed by atoms with Crippen LogP contribution in [-0.2, 0) is 25.1 Å². The van der Waals surface area contributed by atoms with E-state index in [1.54, 1.807) is 32.9 Å². The van der Waals surface area contributed by atoms with Crippen molar-refractivity contribution in [3.05, 3.63) is 35.4 Å². The summed E-state index contributed by atoms with van der Waals surface area (Å²) < 4.78 is 29.3. The van der Waals surface area contributed by atoms with Gasteiger partial charge in [0, 0.05) is 0 Å². The molecule has 0 aromatic heterocycles. The van der Waals surface area contributed by atoms with Gasteiger partial charge in [0.2, 0.25) is 0 Å². The van der Waals surface area contributed by atoms with Gasteiger partial charge in [-0.2, -0.15) is 4.21 Å². The number of ether oxygens (including phenoxy) is 1. The standard InChI is InChI=1S/C14H20O5S/c1-10-5-7-11(8-6-10)12(9-18-20(16)17)13(15)19-14(2,3)4/h5-8,12H,9H2,1-4H3,(H,16,17)/t12-/m1/s1. The summed E-state index contributed by atoms with van der Waals surface area (Å²) in [4.78, 5) is 12.2. The summed E-state index contributed by atoms with van der Waals surface area (Å²) in [7, 11) is 0. The highest BCUT2D eigenvalue weighted by Crippen LogP contribution is 2.22. The van der Waals surface area contributed by atoms with Gasteiger partial charge >= 0.3 is 17.3 Å². The lowest BCUT2D eigenvalue weighted by Crippen LogP contribution is -2.30. The Bertz CT molecular complexity index is 475. The lowest BCUT2D eigenvalue weighted by Gasteiger charge is -2.23. The number of benzene rings is 1. The first-order valence-electron chi connectivity index (χ1n) is 6.22. The molecule has 0 spiro atoms. The van der Waals surface area contributed by atoms with Crippen LogP contribution in [0, 0.1) is 6.92 Å². The second-order valence-electron chi connectivity index (χ2n) is 5.50. The van der Waals surface area contributed by atoms with E-state index < -0.39 is 28.8 Å². The molecule has 5 nitrogen and oxygen atoms in total. The molecule has 0 saturated carbocycles. The smallest absolute Gasteiger partial charge is 0.316 e. The Morgan fingerprint density at radius 3 is 2.30 bits per heavy atom. The fraction of sp³-hybridized carbons (Fsp3) is 0.500. The molecule has 1 N–H and O–H groups in total. The highest BCUT2D eigenvalue weighted by atomic mass is 32.2. The van der Waals surface area contributed by atoms with Gasteiger partial charge in [0.1, 0.15) is 11.5 Å². The van der Waals surface area contributed by atoms with Crippen molar-refractivity contribution >= 4 is 17.3 Å². The minimum absolute atomic E-state index is 0.207. The van der Waals surface area contributed by atoms with E-state index in [1.807, 2.05) is 19.1 Å². The molecule has 6 heteroatoms. The Hall–Kier alpha value is -1.24. The van der Waals surface area contributed by atoms with Gasteiger partial charge in [-0.25, -0.2) is 0 Å². The zero-order valence-corrected chi connectivity index (χ0v) is 12.9. The summed E-state index contributed by atoms with van der Waals surface area (Å²) in [5.74, 6) is -1.21. The maximum atomic E-state index is 12.2. The SMILES string of the molecule is Cc1ccc([C@@H](COS(=O)O)C(=O)OC(C)(C)C)cc1. The third kappa shape index (κ3) is 5.81. The molecule has 1 rings (SSSR count). The van der Waals surface area contributed by atoms with Gasteiger partial charge in [-0.1, -0.05) is 29.8 Å². The molecule has 0 radical (unpaired) electrons. The maximum absolute atomic E-state index is 12.2. The number of carbonyl (C=O) groups is 1. The van der Waals surface area contributed by atoms with Crippen LogP contribution in [0.5, 0.6) is 0 Å². The van der Waals surface area contributed by atoms with Crippen LogP contribution in [0.25, 0.3) is 0 Å². The van der Waals surface area contributed by atoms with Crippen molar-refractivity contribution in [1.29, 1.82) is 0 Å². The summed E-state index contributed by atoms with van der Waals surface area (Å²) >= 11 is -2.41. The molecular formula is C14H20O5S. The normalized spacial score (nSPS) is 14.7. The van der Waals surface area contributed by atoms with E-state index in [0.717, 1.165) is 5.56 Å². The molecule has 0 aliphatic heterocycles. The Kier molecular flexibility index (Phi) is 5.86. The van der Waals surface area contributed by atoms with Crippen molar-refractivity contribution in [3.8, 4) is 0 Å². The fourth-order valence-corrected chi connectivity index (χ4v) is 1.85. The summed E-state index contributed by atoms with van der Waals surface area (Å²) in [5.41, 5.74) is 1.12. The van der Waals surface area contributed by atoms with E-state index in [1.165, 1.54) is 0 Å². The topological polar surface area (TPSA) is 72.8 Å². The van der Waals surface area contributed by atoms with Crippen molar-refractivity contribution in [2.24, 2.45) is 0 Å². The number of hydrogen-bond acceptors (Lipinski definition) is 4. The van der Waals surface area contributed by atoms with E-state index in [-0.39, 0.29) is 6.61 Å². The van der Waals surface area contributed by atoms with Gasteiger partial charge in [0.15, 0.2) is 0 Å². The van der Waals surface area contributed by atoms with Crippen molar-refractivity contribution in [1.82, 2.24) is 0 Å². The molecule has 1 unspecified atom stereocenters. The first-order valence-corrected chi connectivity index (χ1v) is 7.26. The van der Waals surface area contributed by atoms with Gasteiger partial charge < -0.3 is 4.74 Å². The highest BCUT2D eigenvalue weighted by Gasteiger charge is 2.27. The lowest BCUT2D eigenvalue weighted by molar-refractivity contribution is -0.157. The van der Waals surface area contributed by atoms with Gasteiger partial charge in [0.05, 0.1) is 6.61 Å². The lowest BCUT2D eigenvalue weighted by atomic mass is 9.99. The molecule has 0 amide bonds.